The molecule has 2 atom stereocenters. The normalized spacial score (nSPS) is 32.9. The summed E-state index contributed by atoms with van der Waals surface area (Å²) in [5.74, 6) is -0.0970. The van der Waals surface area contributed by atoms with Gasteiger partial charge in [-0.3, -0.25) is 4.79 Å². The molecule has 1 unspecified atom stereocenters. The van der Waals surface area contributed by atoms with Crippen molar-refractivity contribution in [2.45, 2.75) is 37.8 Å². The first kappa shape index (κ1) is 9.93. The number of hydrogen-bond donors (Lipinski definition) is 1. The average molecular weight is 199 g/mol. The van der Waals surface area contributed by atoms with Crippen LogP contribution < -0.4 is 5.32 Å². The van der Waals surface area contributed by atoms with Crippen LogP contribution in [-0.4, -0.2) is 37.9 Å². The zero-order valence-electron chi connectivity index (χ0n) is 8.33. The van der Waals surface area contributed by atoms with Gasteiger partial charge in [-0.1, -0.05) is 6.42 Å². The standard InChI is InChI=1S/C10H17NO3/c12-10(9-3-1-2-5-11-9)14-8-4-6-13-7-8/h8-9,11H,1-7H2/t8?,9-/m1/s1. The molecule has 0 bridgehead atoms. The van der Waals surface area contributed by atoms with Crippen LogP contribution in [0.25, 0.3) is 0 Å². The fraction of sp³-hybridized carbons (Fsp3) is 0.900. The van der Waals surface area contributed by atoms with Crippen molar-refractivity contribution in [3.63, 3.8) is 0 Å². The van der Waals surface area contributed by atoms with Gasteiger partial charge in [0.15, 0.2) is 0 Å². The maximum Gasteiger partial charge on any atom is 0.323 e. The quantitative estimate of drug-likeness (QED) is 0.656. The molecule has 2 aliphatic heterocycles. The summed E-state index contributed by atoms with van der Waals surface area (Å²) >= 11 is 0. The van der Waals surface area contributed by atoms with Crippen LogP contribution in [0.5, 0.6) is 0 Å². The molecule has 0 saturated carbocycles. The molecule has 0 aliphatic carbocycles. The SMILES string of the molecule is O=C(OC1CCOC1)[C@H]1CCCCN1. The third-order valence-corrected chi connectivity index (χ3v) is 2.77. The van der Waals surface area contributed by atoms with Crippen LogP contribution in [0, 0.1) is 0 Å². The van der Waals surface area contributed by atoms with E-state index in [4.69, 9.17) is 9.47 Å². The van der Waals surface area contributed by atoms with Gasteiger partial charge in [0.1, 0.15) is 12.1 Å². The van der Waals surface area contributed by atoms with Gasteiger partial charge in [-0.2, -0.15) is 0 Å². The smallest absolute Gasteiger partial charge is 0.323 e. The summed E-state index contributed by atoms with van der Waals surface area (Å²) in [5, 5.41) is 3.18. The highest BCUT2D eigenvalue weighted by Crippen LogP contribution is 2.13. The van der Waals surface area contributed by atoms with Gasteiger partial charge in [0, 0.05) is 6.42 Å². The van der Waals surface area contributed by atoms with Gasteiger partial charge in [-0.15, -0.1) is 0 Å². The first-order valence-electron chi connectivity index (χ1n) is 5.38. The Morgan fingerprint density at radius 3 is 2.93 bits per heavy atom. The number of piperidine rings is 1. The molecule has 80 valence electrons. The van der Waals surface area contributed by atoms with Crippen molar-refractivity contribution < 1.29 is 14.3 Å². The van der Waals surface area contributed by atoms with E-state index in [1.807, 2.05) is 0 Å². The molecular weight excluding hydrogens is 182 g/mol. The number of rotatable bonds is 2. The molecule has 2 saturated heterocycles. The number of esters is 1. The van der Waals surface area contributed by atoms with E-state index < -0.39 is 0 Å². The lowest BCUT2D eigenvalue weighted by molar-refractivity contribution is -0.152. The maximum atomic E-state index is 11.6. The third kappa shape index (κ3) is 2.45. The Morgan fingerprint density at radius 1 is 1.36 bits per heavy atom. The predicted molar refractivity (Wildman–Crippen MR) is 51.0 cm³/mol. The Balaban J connectivity index is 1.75. The first-order chi connectivity index (χ1) is 6.86. The zero-order chi connectivity index (χ0) is 9.80. The number of ether oxygens (including phenoxy) is 2. The minimum absolute atomic E-state index is 0.00812. The molecule has 14 heavy (non-hydrogen) atoms. The number of carbonyl (C=O) groups excluding carboxylic acids is 1. The molecule has 2 heterocycles. The minimum atomic E-state index is -0.0970. The molecule has 0 amide bonds. The lowest BCUT2D eigenvalue weighted by Gasteiger charge is -2.23. The Labute approximate surface area is 84.0 Å². The number of nitrogens with one attached hydrogen (secondary N) is 1. The van der Waals surface area contributed by atoms with E-state index in [0.29, 0.717) is 6.61 Å². The van der Waals surface area contributed by atoms with Gasteiger partial charge < -0.3 is 14.8 Å². The predicted octanol–water partition coefficient (Wildman–Crippen LogP) is 0.461. The van der Waals surface area contributed by atoms with Crippen molar-refractivity contribution in [3.05, 3.63) is 0 Å². The van der Waals surface area contributed by atoms with Crippen molar-refractivity contribution in [2.24, 2.45) is 0 Å². The fourth-order valence-corrected chi connectivity index (χ4v) is 1.91. The lowest BCUT2D eigenvalue weighted by atomic mass is 10.1. The number of hydrogen-bond acceptors (Lipinski definition) is 4. The maximum absolute atomic E-state index is 11.6. The van der Waals surface area contributed by atoms with Crippen LogP contribution in [-0.2, 0) is 14.3 Å². The van der Waals surface area contributed by atoms with Crippen molar-refractivity contribution >= 4 is 5.97 Å². The highest BCUT2D eigenvalue weighted by atomic mass is 16.6. The lowest BCUT2D eigenvalue weighted by Crippen LogP contribution is -2.42. The molecule has 2 aliphatic rings. The third-order valence-electron chi connectivity index (χ3n) is 2.77. The fourth-order valence-electron chi connectivity index (χ4n) is 1.91. The summed E-state index contributed by atoms with van der Waals surface area (Å²) in [4.78, 5) is 11.6. The van der Waals surface area contributed by atoms with Gasteiger partial charge in [-0.25, -0.2) is 0 Å². The monoisotopic (exact) mass is 199 g/mol. The van der Waals surface area contributed by atoms with Gasteiger partial charge in [0.25, 0.3) is 0 Å². The van der Waals surface area contributed by atoms with E-state index in [9.17, 15) is 4.79 Å². The minimum Gasteiger partial charge on any atom is -0.459 e. The van der Waals surface area contributed by atoms with Crippen molar-refractivity contribution in [3.8, 4) is 0 Å². The topological polar surface area (TPSA) is 47.6 Å². The molecule has 0 aromatic heterocycles. The molecule has 0 aromatic carbocycles. The Morgan fingerprint density at radius 2 is 2.29 bits per heavy atom. The van der Waals surface area contributed by atoms with Crippen LogP contribution in [0.4, 0.5) is 0 Å². The molecule has 2 rings (SSSR count). The Kier molecular flexibility index (Phi) is 3.37. The summed E-state index contributed by atoms with van der Waals surface area (Å²) in [6.45, 7) is 2.22. The van der Waals surface area contributed by atoms with Crippen molar-refractivity contribution in [2.75, 3.05) is 19.8 Å². The second-order valence-corrected chi connectivity index (χ2v) is 3.92. The molecule has 0 radical (unpaired) electrons. The van der Waals surface area contributed by atoms with E-state index in [1.54, 1.807) is 0 Å². The van der Waals surface area contributed by atoms with Gasteiger partial charge in [-0.05, 0) is 19.4 Å². The van der Waals surface area contributed by atoms with E-state index in [-0.39, 0.29) is 18.1 Å². The van der Waals surface area contributed by atoms with Crippen molar-refractivity contribution in [1.29, 1.82) is 0 Å². The second kappa shape index (κ2) is 4.75. The summed E-state index contributed by atoms with van der Waals surface area (Å²) in [6.07, 6.45) is 4.03. The zero-order valence-corrected chi connectivity index (χ0v) is 8.33. The molecule has 4 nitrogen and oxygen atoms in total. The molecule has 0 spiro atoms. The Hall–Kier alpha value is -0.610. The van der Waals surface area contributed by atoms with Crippen LogP contribution >= 0.6 is 0 Å². The van der Waals surface area contributed by atoms with Gasteiger partial charge in [0.2, 0.25) is 0 Å². The van der Waals surface area contributed by atoms with E-state index >= 15 is 0 Å². The highest BCUT2D eigenvalue weighted by Gasteiger charge is 2.26. The van der Waals surface area contributed by atoms with Crippen LogP contribution in [0.3, 0.4) is 0 Å². The van der Waals surface area contributed by atoms with Crippen LogP contribution in [0.2, 0.25) is 0 Å². The molecule has 2 fully saturated rings. The van der Waals surface area contributed by atoms with Gasteiger partial charge >= 0.3 is 5.97 Å². The number of carbonyl (C=O) groups is 1. The average Bonchev–Trinajstić information content (AvgIpc) is 2.72. The second-order valence-electron chi connectivity index (χ2n) is 3.92. The van der Waals surface area contributed by atoms with E-state index in [1.165, 1.54) is 0 Å². The summed E-state index contributed by atoms with van der Waals surface area (Å²) in [5.41, 5.74) is 0. The van der Waals surface area contributed by atoms with E-state index in [2.05, 4.69) is 5.32 Å². The van der Waals surface area contributed by atoms with Crippen molar-refractivity contribution in [1.82, 2.24) is 5.32 Å². The molecule has 1 N–H and O–H groups in total. The van der Waals surface area contributed by atoms with Crippen LogP contribution in [0.15, 0.2) is 0 Å². The molecule has 4 heteroatoms. The van der Waals surface area contributed by atoms with Gasteiger partial charge in [0.05, 0.1) is 13.2 Å². The summed E-state index contributed by atoms with van der Waals surface area (Å²) in [6, 6.07) is -0.0793. The first-order valence-corrected chi connectivity index (χ1v) is 5.38. The summed E-state index contributed by atoms with van der Waals surface area (Å²) in [7, 11) is 0. The van der Waals surface area contributed by atoms with E-state index in [0.717, 1.165) is 38.8 Å². The van der Waals surface area contributed by atoms with Crippen LogP contribution in [0.1, 0.15) is 25.7 Å². The summed E-state index contributed by atoms with van der Waals surface area (Å²) < 4.78 is 10.5. The highest BCUT2D eigenvalue weighted by molar-refractivity contribution is 5.76. The molecule has 0 aromatic rings. The largest absolute Gasteiger partial charge is 0.459 e. The molecular formula is C10H17NO3. The Bertz CT molecular complexity index is 196.